The number of nitrogens with zero attached hydrogens (tertiary/aromatic N) is 1. The highest BCUT2D eigenvalue weighted by atomic mass is 19.2. The molecule has 2 aliphatic heterocycles. The lowest BCUT2D eigenvalue weighted by Crippen LogP contribution is -2.53. The molecule has 2 aromatic rings. The van der Waals surface area contributed by atoms with Gasteiger partial charge in [-0.15, -0.1) is 0 Å². The molecule has 0 bridgehead atoms. The van der Waals surface area contributed by atoms with Crippen LogP contribution in [0.5, 0.6) is 11.5 Å². The molecule has 2 aromatic carbocycles. The molecule has 3 N–H and O–H groups in total. The van der Waals surface area contributed by atoms with Crippen molar-refractivity contribution >= 4 is 23.4 Å². The molecule has 8 heteroatoms. The molecule has 6 nitrogen and oxygen atoms in total. The minimum absolute atomic E-state index is 0.0631. The number of fused-ring (bicyclic) bond motifs is 1. The minimum Gasteiger partial charge on any atom is -0.456 e. The van der Waals surface area contributed by atoms with Gasteiger partial charge in [-0.2, -0.15) is 0 Å². The van der Waals surface area contributed by atoms with Gasteiger partial charge in [-0.1, -0.05) is 0 Å². The van der Waals surface area contributed by atoms with Crippen molar-refractivity contribution in [1.82, 2.24) is 10.6 Å². The van der Waals surface area contributed by atoms with Crippen LogP contribution in [0.15, 0.2) is 36.5 Å². The van der Waals surface area contributed by atoms with Crippen LogP contribution in [0, 0.1) is 23.0 Å². The molecule has 0 aromatic heterocycles. The lowest BCUT2D eigenvalue weighted by molar-refractivity contribution is -0.120. The van der Waals surface area contributed by atoms with E-state index < -0.39 is 11.6 Å². The third-order valence-corrected chi connectivity index (χ3v) is 6.75. The zero-order valence-electron chi connectivity index (χ0n) is 19.0. The van der Waals surface area contributed by atoms with E-state index in [1.807, 2.05) is 24.0 Å². The second-order valence-electron chi connectivity index (χ2n) is 9.25. The number of carbonyl (C=O) groups excluding carboxylic acids is 1. The molecule has 1 unspecified atom stereocenters. The highest BCUT2D eigenvalue weighted by molar-refractivity contribution is 6.10. The van der Waals surface area contributed by atoms with Crippen LogP contribution in [0.3, 0.4) is 0 Å². The topological polar surface area (TPSA) is 77.5 Å². The lowest BCUT2D eigenvalue weighted by atomic mass is 9.91. The Morgan fingerprint density at radius 2 is 1.97 bits per heavy atom. The van der Waals surface area contributed by atoms with E-state index in [1.54, 1.807) is 6.20 Å². The summed E-state index contributed by atoms with van der Waals surface area (Å²) in [7, 11) is 0. The number of anilines is 1. The fraction of sp³-hybridized carbons (Fsp3) is 0.385. The number of ether oxygens (including phenoxy) is 1. The van der Waals surface area contributed by atoms with E-state index in [1.165, 1.54) is 12.3 Å². The van der Waals surface area contributed by atoms with E-state index >= 15 is 0 Å². The fourth-order valence-corrected chi connectivity index (χ4v) is 4.48. The fourth-order valence-electron chi connectivity index (χ4n) is 4.48. The summed E-state index contributed by atoms with van der Waals surface area (Å²) in [6.07, 6.45) is 6.29. The van der Waals surface area contributed by atoms with Crippen LogP contribution in [0.4, 0.5) is 14.5 Å². The van der Waals surface area contributed by atoms with Crippen molar-refractivity contribution in [3.63, 3.8) is 0 Å². The third kappa shape index (κ3) is 4.30. The van der Waals surface area contributed by atoms with Crippen molar-refractivity contribution < 1.29 is 18.3 Å². The molecule has 1 aliphatic carbocycles. The van der Waals surface area contributed by atoms with Crippen LogP contribution in [0.25, 0.3) is 5.57 Å². The SMILES string of the molecule is CC1CCc2c(ccc(/C(C=N)=C/NC3CNC3)c2Oc2ccc(F)c(F)c2)N1C(=O)C1CC1. The summed E-state index contributed by atoms with van der Waals surface area (Å²) in [5.41, 5.74) is 2.89. The smallest absolute Gasteiger partial charge is 0.230 e. The van der Waals surface area contributed by atoms with Gasteiger partial charge in [-0.05, 0) is 56.9 Å². The van der Waals surface area contributed by atoms with Gasteiger partial charge in [-0.25, -0.2) is 8.78 Å². The molecule has 5 rings (SSSR count). The molecule has 0 radical (unpaired) electrons. The summed E-state index contributed by atoms with van der Waals surface area (Å²) in [5, 5.41) is 14.5. The number of benzene rings is 2. The summed E-state index contributed by atoms with van der Waals surface area (Å²) in [5.74, 6) is -1.12. The number of hydrogen-bond donors (Lipinski definition) is 3. The van der Waals surface area contributed by atoms with Gasteiger partial charge >= 0.3 is 0 Å². The number of halogens is 2. The van der Waals surface area contributed by atoms with Gasteiger partial charge in [0.15, 0.2) is 11.6 Å². The Morgan fingerprint density at radius 3 is 2.62 bits per heavy atom. The van der Waals surface area contributed by atoms with Crippen molar-refractivity contribution in [1.29, 1.82) is 5.41 Å². The Balaban J connectivity index is 1.60. The molecule has 1 atom stereocenters. The first-order valence-electron chi connectivity index (χ1n) is 11.8. The number of nitrogens with one attached hydrogen (secondary N) is 3. The van der Waals surface area contributed by atoms with Gasteiger partial charge in [0.2, 0.25) is 5.91 Å². The van der Waals surface area contributed by atoms with Gasteiger partial charge in [0.1, 0.15) is 11.5 Å². The van der Waals surface area contributed by atoms with Crippen LogP contribution in [0.2, 0.25) is 0 Å². The Hall–Kier alpha value is -3.26. The van der Waals surface area contributed by atoms with Crippen LogP contribution < -0.4 is 20.3 Å². The Bertz CT molecular complexity index is 1160. The number of amides is 1. The quantitative estimate of drug-likeness (QED) is 0.529. The zero-order valence-corrected chi connectivity index (χ0v) is 19.0. The summed E-state index contributed by atoms with van der Waals surface area (Å²) in [6.45, 7) is 3.74. The maximum Gasteiger partial charge on any atom is 0.230 e. The van der Waals surface area contributed by atoms with Crippen molar-refractivity contribution in [3.05, 3.63) is 59.3 Å². The zero-order chi connectivity index (χ0) is 23.8. The molecule has 34 heavy (non-hydrogen) atoms. The molecular formula is C26H28F2N4O2. The van der Waals surface area contributed by atoms with E-state index in [2.05, 4.69) is 10.6 Å². The van der Waals surface area contributed by atoms with Gasteiger partial charge in [0.05, 0.1) is 11.7 Å². The predicted octanol–water partition coefficient (Wildman–Crippen LogP) is 4.39. The average molecular weight is 467 g/mol. The first kappa shape index (κ1) is 22.5. The molecule has 1 amide bonds. The van der Waals surface area contributed by atoms with E-state index in [4.69, 9.17) is 10.1 Å². The molecule has 2 heterocycles. The first-order valence-corrected chi connectivity index (χ1v) is 11.8. The van der Waals surface area contributed by atoms with Crippen LogP contribution in [-0.2, 0) is 11.2 Å². The number of carbonyl (C=O) groups is 1. The predicted molar refractivity (Wildman–Crippen MR) is 127 cm³/mol. The highest BCUT2D eigenvalue weighted by Crippen LogP contribution is 2.45. The largest absolute Gasteiger partial charge is 0.456 e. The Morgan fingerprint density at radius 1 is 1.18 bits per heavy atom. The standard InChI is InChI=1S/C26H28F2N4O2/c1-15-2-6-21-24(32(15)26(33)16-3-4-16)9-7-20(17(11-29)12-31-18-13-30-14-18)25(21)34-19-5-8-22(27)23(28)10-19/h5,7-12,15-16,18,29-31H,2-4,6,13-14H2,1H3/b17-12+,29-11?. The summed E-state index contributed by atoms with van der Waals surface area (Å²) in [4.78, 5) is 15.0. The van der Waals surface area contributed by atoms with Crippen molar-refractivity contribution in [2.24, 2.45) is 5.92 Å². The molecule has 178 valence electrons. The van der Waals surface area contributed by atoms with Crippen molar-refractivity contribution in [3.8, 4) is 11.5 Å². The van der Waals surface area contributed by atoms with Gasteiger partial charge in [0.25, 0.3) is 0 Å². The van der Waals surface area contributed by atoms with Crippen LogP contribution >= 0.6 is 0 Å². The molecular weight excluding hydrogens is 438 g/mol. The first-order chi connectivity index (χ1) is 16.5. The molecule has 0 spiro atoms. The number of rotatable bonds is 7. The normalized spacial score (nSPS) is 20.4. The van der Waals surface area contributed by atoms with Gasteiger partial charge in [-0.3, -0.25) is 4.79 Å². The second-order valence-corrected chi connectivity index (χ2v) is 9.25. The van der Waals surface area contributed by atoms with E-state index in [0.717, 1.165) is 55.7 Å². The number of allylic oxidation sites excluding steroid dienone is 1. The Kier molecular flexibility index (Phi) is 6.08. The van der Waals surface area contributed by atoms with Crippen molar-refractivity contribution in [2.75, 3.05) is 18.0 Å². The van der Waals surface area contributed by atoms with Crippen molar-refractivity contribution in [2.45, 2.75) is 44.7 Å². The summed E-state index contributed by atoms with van der Waals surface area (Å²) >= 11 is 0. The Labute approximate surface area is 197 Å². The van der Waals surface area contributed by atoms with E-state index in [9.17, 15) is 13.6 Å². The maximum absolute atomic E-state index is 13.9. The second kappa shape index (κ2) is 9.18. The van der Waals surface area contributed by atoms with E-state index in [0.29, 0.717) is 23.3 Å². The molecule has 3 aliphatic rings. The number of hydrogen-bond acceptors (Lipinski definition) is 5. The third-order valence-electron chi connectivity index (χ3n) is 6.75. The van der Waals surface area contributed by atoms with Crippen LogP contribution in [0.1, 0.15) is 37.3 Å². The van der Waals surface area contributed by atoms with E-state index in [-0.39, 0.29) is 29.7 Å². The highest BCUT2D eigenvalue weighted by Gasteiger charge is 2.39. The minimum atomic E-state index is -0.995. The molecule has 2 fully saturated rings. The molecule has 1 saturated heterocycles. The summed E-state index contributed by atoms with van der Waals surface area (Å²) < 4.78 is 33.7. The van der Waals surface area contributed by atoms with Gasteiger partial charge < -0.3 is 25.7 Å². The maximum atomic E-state index is 13.9. The average Bonchev–Trinajstić information content (AvgIpc) is 3.63. The van der Waals surface area contributed by atoms with Gasteiger partial charge in [0, 0.05) is 60.2 Å². The monoisotopic (exact) mass is 466 g/mol. The lowest BCUT2D eigenvalue weighted by Gasteiger charge is -2.37. The molecule has 1 saturated carbocycles. The summed E-state index contributed by atoms with van der Waals surface area (Å²) in [6, 6.07) is 7.54. The van der Waals surface area contributed by atoms with Crippen LogP contribution in [-0.4, -0.2) is 37.3 Å².